The lowest BCUT2D eigenvalue weighted by Gasteiger charge is -2.27. The van der Waals surface area contributed by atoms with Crippen LogP contribution in [-0.4, -0.2) is 82.4 Å². The van der Waals surface area contributed by atoms with Crippen LogP contribution < -0.4 is 0 Å². The molecule has 3 aliphatic rings. The molecule has 1 aromatic heterocycles. The molecule has 1 aromatic carbocycles. The number of nitrogens with zero attached hydrogens (tertiary/aromatic N) is 5. The quantitative estimate of drug-likeness (QED) is 0.726. The van der Waals surface area contributed by atoms with Gasteiger partial charge in [0.25, 0.3) is 5.91 Å². The van der Waals surface area contributed by atoms with E-state index in [9.17, 15) is 9.59 Å². The van der Waals surface area contributed by atoms with Crippen LogP contribution in [0, 0.1) is 6.92 Å². The lowest BCUT2D eigenvalue weighted by atomic mass is 10.1. The topological polar surface area (TPSA) is 78.9 Å². The highest BCUT2D eigenvalue weighted by atomic mass is 16.5. The lowest BCUT2D eigenvalue weighted by molar-refractivity contribution is -0.131. The summed E-state index contributed by atoms with van der Waals surface area (Å²) in [6.45, 7) is 7.66. The molecule has 2 aromatic rings. The van der Waals surface area contributed by atoms with Crippen LogP contribution in [0.2, 0.25) is 0 Å². The Bertz CT molecular complexity index is 995. The van der Waals surface area contributed by atoms with E-state index in [4.69, 9.17) is 4.74 Å². The van der Waals surface area contributed by atoms with E-state index in [2.05, 4.69) is 39.1 Å². The first kappa shape index (κ1) is 21.0. The van der Waals surface area contributed by atoms with Crippen LogP contribution >= 0.6 is 0 Å². The molecule has 4 heterocycles. The Morgan fingerprint density at radius 2 is 1.78 bits per heavy atom. The molecule has 3 aliphatic heterocycles. The molecule has 32 heavy (non-hydrogen) atoms. The Morgan fingerprint density at radius 3 is 2.47 bits per heavy atom. The fraction of sp³-hybridized carbons (Fsp3) is 0.500. The molecule has 168 valence electrons. The molecule has 0 bridgehead atoms. The van der Waals surface area contributed by atoms with Crippen molar-refractivity contribution < 1.29 is 14.3 Å². The summed E-state index contributed by atoms with van der Waals surface area (Å²) in [5.74, 6) is 0.967. The van der Waals surface area contributed by atoms with Gasteiger partial charge in [-0.2, -0.15) is 0 Å². The van der Waals surface area contributed by atoms with Crippen LogP contribution in [-0.2, 0) is 22.6 Å². The summed E-state index contributed by atoms with van der Waals surface area (Å²) in [4.78, 5) is 40.8. The fourth-order valence-electron chi connectivity index (χ4n) is 4.83. The van der Waals surface area contributed by atoms with Crippen molar-refractivity contribution in [2.24, 2.45) is 0 Å². The number of ether oxygens (including phenoxy) is 1. The Labute approximate surface area is 188 Å². The number of aromatic nitrogens is 2. The van der Waals surface area contributed by atoms with Crippen molar-refractivity contribution >= 4 is 11.8 Å². The van der Waals surface area contributed by atoms with Gasteiger partial charge in [-0.25, -0.2) is 9.97 Å². The maximum atomic E-state index is 12.9. The second-order valence-electron chi connectivity index (χ2n) is 8.87. The molecule has 0 N–H and O–H groups in total. The molecule has 8 nitrogen and oxygen atoms in total. The van der Waals surface area contributed by atoms with E-state index in [1.807, 2.05) is 11.8 Å². The summed E-state index contributed by atoms with van der Waals surface area (Å²) < 4.78 is 5.33. The number of carbonyl (C=O) groups is 2. The van der Waals surface area contributed by atoms with Gasteiger partial charge in [0.05, 0.1) is 31.0 Å². The summed E-state index contributed by atoms with van der Waals surface area (Å²) in [5, 5.41) is 0. The van der Waals surface area contributed by atoms with Crippen LogP contribution in [0.1, 0.15) is 45.3 Å². The molecular formula is C24H29N5O3. The van der Waals surface area contributed by atoms with Gasteiger partial charge in [-0.15, -0.1) is 0 Å². The molecule has 2 saturated heterocycles. The molecule has 2 amide bonds. The summed E-state index contributed by atoms with van der Waals surface area (Å²) in [6, 6.07) is 8.38. The normalized spacial score (nSPS) is 21.1. The van der Waals surface area contributed by atoms with Gasteiger partial charge in [0.2, 0.25) is 5.91 Å². The summed E-state index contributed by atoms with van der Waals surface area (Å²) in [6.07, 6.45) is 2.50. The lowest BCUT2D eigenvalue weighted by Crippen LogP contribution is -2.41. The number of carbonyl (C=O) groups excluding carboxylic acids is 2. The van der Waals surface area contributed by atoms with Crippen molar-refractivity contribution in [1.29, 1.82) is 0 Å². The Morgan fingerprint density at radius 1 is 1.06 bits per heavy atom. The van der Waals surface area contributed by atoms with Gasteiger partial charge >= 0.3 is 0 Å². The van der Waals surface area contributed by atoms with Crippen molar-refractivity contribution in [1.82, 2.24) is 24.7 Å². The summed E-state index contributed by atoms with van der Waals surface area (Å²) in [7, 11) is 0. The smallest absolute Gasteiger partial charge is 0.257 e. The van der Waals surface area contributed by atoms with Crippen LogP contribution in [0.5, 0.6) is 0 Å². The molecular weight excluding hydrogens is 406 g/mol. The summed E-state index contributed by atoms with van der Waals surface area (Å²) in [5.41, 5.74) is 3.88. The van der Waals surface area contributed by atoms with E-state index in [0.717, 1.165) is 31.9 Å². The maximum Gasteiger partial charge on any atom is 0.257 e. The number of hydrogen-bond donors (Lipinski definition) is 0. The van der Waals surface area contributed by atoms with Gasteiger partial charge in [0.1, 0.15) is 5.82 Å². The van der Waals surface area contributed by atoms with Crippen LogP contribution in [0.15, 0.2) is 30.5 Å². The first-order valence-corrected chi connectivity index (χ1v) is 11.4. The molecule has 0 saturated carbocycles. The van der Waals surface area contributed by atoms with Gasteiger partial charge in [0, 0.05) is 51.4 Å². The van der Waals surface area contributed by atoms with E-state index in [1.54, 1.807) is 11.1 Å². The number of aryl methyl sites for hydroxylation is 1. The van der Waals surface area contributed by atoms with E-state index in [-0.39, 0.29) is 17.7 Å². The van der Waals surface area contributed by atoms with Gasteiger partial charge in [-0.3, -0.25) is 14.5 Å². The van der Waals surface area contributed by atoms with Crippen molar-refractivity contribution in [2.75, 3.05) is 45.9 Å². The van der Waals surface area contributed by atoms with E-state index < -0.39 is 0 Å². The van der Waals surface area contributed by atoms with Crippen LogP contribution in [0.4, 0.5) is 0 Å². The average Bonchev–Trinajstić information content (AvgIpc) is 3.46. The zero-order chi connectivity index (χ0) is 22.1. The minimum atomic E-state index is -0.0350. The number of hydrogen-bond acceptors (Lipinski definition) is 6. The number of rotatable bonds is 4. The van der Waals surface area contributed by atoms with E-state index >= 15 is 0 Å². The third-order valence-corrected chi connectivity index (χ3v) is 6.70. The minimum absolute atomic E-state index is 0.0350. The van der Waals surface area contributed by atoms with Crippen molar-refractivity contribution in [3.05, 3.63) is 58.7 Å². The highest BCUT2D eigenvalue weighted by molar-refractivity contribution is 5.95. The third-order valence-electron chi connectivity index (χ3n) is 6.70. The number of benzene rings is 1. The standard InChI is InChI=1S/C24H29N5O3/c1-17-21(24(31)28-8-10-32-11-9-28)12-25-23(26-17)20-6-7-29(15-20)22(30)16-27-13-18-4-2-3-5-19(18)14-27/h2-5,12,20H,6-11,13-16H2,1H3. The molecule has 2 fully saturated rings. The zero-order valence-electron chi connectivity index (χ0n) is 18.5. The van der Waals surface area contributed by atoms with E-state index in [1.165, 1.54) is 11.1 Å². The first-order valence-electron chi connectivity index (χ1n) is 11.4. The second-order valence-corrected chi connectivity index (χ2v) is 8.87. The van der Waals surface area contributed by atoms with Crippen molar-refractivity contribution in [2.45, 2.75) is 32.4 Å². The number of amides is 2. The zero-order valence-corrected chi connectivity index (χ0v) is 18.5. The van der Waals surface area contributed by atoms with Gasteiger partial charge in [-0.05, 0) is 24.5 Å². The molecule has 0 spiro atoms. The van der Waals surface area contributed by atoms with Gasteiger partial charge in [0.15, 0.2) is 0 Å². The third kappa shape index (κ3) is 4.25. The van der Waals surface area contributed by atoms with Gasteiger partial charge in [-0.1, -0.05) is 24.3 Å². The molecule has 0 aliphatic carbocycles. The highest BCUT2D eigenvalue weighted by Gasteiger charge is 2.31. The van der Waals surface area contributed by atoms with Crippen molar-refractivity contribution in [3.63, 3.8) is 0 Å². The SMILES string of the molecule is Cc1nc(C2CCN(C(=O)CN3Cc4ccccc4C3)C2)ncc1C(=O)N1CCOCC1. The predicted octanol–water partition coefficient (Wildman–Crippen LogP) is 1.59. The molecule has 5 rings (SSSR count). The van der Waals surface area contributed by atoms with Crippen LogP contribution in [0.25, 0.3) is 0 Å². The van der Waals surface area contributed by atoms with Crippen molar-refractivity contribution in [3.8, 4) is 0 Å². The number of fused-ring (bicyclic) bond motifs is 1. The molecule has 0 radical (unpaired) electrons. The first-order chi connectivity index (χ1) is 15.6. The molecule has 1 atom stereocenters. The highest BCUT2D eigenvalue weighted by Crippen LogP contribution is 2.27. The molecule has 8 heteroatoms. The monoisotopic (exact) mass is 435 g/mol. The van der Waals surface area contributed by atoms with E-state index in [0.29, 0.717) is 50.7 Å². The van der Waals surface area contributed by atoms with Gasteiger partial charge < -0.3 is 14.5 Å². The average molecular weight is 436 g/mol. The Kier molecular flexibility index (Phi) is 5.89. The second kappa shape index (κ2) is 8.96. The number of likely N-dealkylation sites (tertiary alicyclic amines) is 1. The fourth-order valence-corrected chi connectivity index (χ4v) is 4.83. The Balaban J connectivity index is 1.18. The number of morpholine rings is 1. The Hall–Kier alpha value is -2.84. The predicted molar refractivity (Wildman–Crippen MR) is 118 cm³/mol. The largest absolute Gasteiger partial charge is 0.378 e. The maximum absolute atomic E-state index is 12.9. The minimum Gasteiger partial charge on any atom is -0.378 e. The molecule has 1 unspecified atom stereocenters. The van der Waals surface area contributed by atoms with Crippen LogP contribution in [0.3, 0.4) is 0 Å². The summed E-state index contributed by atoms with van der Waals surface area (Å²) >= 11 is 0.